The van der Waals surface area contributed by atoms with Crippen LogP contribution >= 0.6 is 0 Å². The number of carboxylic acid groups (broad SMARTS) is 1. The van der Waals surface area contributed by atoms with Gasteiger partial charge >= 0.3 is 5.97 Å². The first-order chi connectivity index (χ1) is 8.01. The van der Waals surface area contributed by atoms with Crippen LogP contribution in [0.2, 0.25) is 0 Å². The molecule has 1 N–H and O–H groups in total. The molecule has 2 saturated heterocycles. The van der Waals surface area contributed by atoms with Gasteiger partial charge in [-0.3, -0.25) is 9.69 Å². The van der Waals surface area contributed by atoms with E-state index in [4.69, 9.17) is 4.74 Å². The Morgan fingerprint density at radius 2 is 2.18 bits per heavy atom. The zero-order valence-electron chi connectivity index (χ0n) is 10.8. The number of piperidine rings is 1. The van der Waals surface area contributed by atoms with Crippen LogP contribution in [0.3, 0.4) is 0 Å². The predicted molar refractivity (Wildman–Crippen MR) is 64.9 cm³/mol. The molecule has 0 aromatic carbocycles. The van der Waals surface area contributed by atoms with Crippen molar-refractivity contribution < 1.29 is 14.6 Å². The summed E-state index contributed by atoms with van der Waals surface area (Å²) in [5.74, 6) is -0.415. The average molecular weight is 241 g/mol. The number of aliphatic carboxylic acids is 1. The van der Waals surface area contributed by atoms with Crippen molar-refractivity contribution in [1.82, 2.24) is 4.90 Å². The summed E-state index contributed by atoms with van der Waals surface area (Å²) in [4.78, 5) is 13.7. The van der Waals surface area contributed by atoms with Crippen LogP contribution in [0.15, 0.2) is 0 Å². The number of carboxylic acids is 1. The molecule has 0 spiro atoms. The highest BCUT2D eigenvalue weighted by molar-refractivity contribution is 5.74. The standard InChI is InChI=1S/C13H23NO3/c1-13(2,12(15)16)10-4-3-6-14(8-10)11-5-7-17-9-11/h10-11H,3-9H2,1-2H3,(H,15,16). The van der Waals surface area contributed by atoms with E-state index >= 15 is 0 Å². The van der Waals surface area contributed by atoms with Crippen molar-refractivity contribution >= 4 is 5.97 Å². The van der Waals surface area contributed by atoms with E-state index < -0.39 is 11.4 Å². The zero-order valence-corrected chi connectivity index (χ0v) is 10.8. The van der Waals surface area contributed by atoms with E-state index in [2.05, 4.69) is 4.90 Å². The normalized spacial score (nSPS) is 31.6. The quantitative estimate of drug-likeness (QED) is 0.815. The van der Waals surface area contributed by atoms with Crippen LogP contribution in [0.25, 0.3) is 0 Å². The van der Waals surface area contributed by atoms with Gasteiger partial charge in [-0.2, -0.15) is 0 Å². The molecule has 2 atom stereocenters. The van der Waals surface area contributed by atoms with Crippen molar-refractivity contribution in [2.75, 3.05) is 26.3 Å². The molecule has 2 fully saturated rings. The van der Waals surface area contributed by atoms with Crippen molar-refractivity contribution in [2.45, 2.75) is 39.2 Å². The summed E-state index contributed by atoms with van der Waals surface area (Å²) in [5.41, 5.74) is -0.613. The third kappa shape index (κ3) is 2.63. The third-order valence-electron chi connectivity index (χ3n) is 4.45. The highest BCUT2D eigenvalue weighted by Gasteiger charge is 2.40. The maximum atomic E-state index is 11.3. The number of nitrogens with zero attached hydrogens (tertiary/aromatic N) is 1. The van der Waals surface area contributed by atoms with E-state index in [9.17, 15) is 9.90 Å². The number of rotatable bonds is 3. The summed E-state index contributed by atoms with van der Waals surface area (Å²) in [6, 6.07) is 0.516. The Labute approximate surface area is 103 Å². The zero-order chi connectivity index (χ0) is 12.5. The highest BCUT2D eigenvalue weighted by atomic mass is 16.5. The molecule has 0 radical (unpaired) electrons. The molecule has 2 unspecified atom stereocenters. The van der Waals surface area contributed by atoms with Gasteiger partial charge < -0.3 is 9.84 Å². The van der Waals surface area contributed by atoms with Gasteiger partial charge in [-0.25, -0.2) is 0 Å². The van der Waals surface area contributed by atoms with Gasteiger partial charge in [0.1, 0.15) is 0 Å². The molecule has 0 aliphatic carbocycles. The summed E-state index contributed by atoms with van der Waals surface area (Å²) in [5, 5.41) is 9.30. The Kier molecular flexibility index (Phi) is 3.73. The summed E-state index contributed by atoms with van der Waals surface area (Å²) in [6.07, 6.45) is 3.24. The lowest BCUT2D eigenvalue weighted by Crippen LogP contribution is -2.48. The van der Waals surface area contributed by atoms with E-state index in [1.54, 1.807) is 0 Å². The maximum Gasteiger partial charge on any atom is 0.309 e. The number of hydrogen-bond donors (Lipinski definition) is 1. The fraction of sp³-hybridized carbons (Fsp3) is 0.923. The fourth-order valence-corrected chi connectivity index (χ4v) is 2.91. The van der Waals surface area contributed by atoms with Crippen molar-refractivity contribution in [3.05, 3.63) is 0 Å². The minimum atomic E-state index is -0.674. The van der Waals surface area contributed by atoms with Crippen LogP contribution in [0.4, 0.5) is 0 Å². The Hall–Kier alpha value is -0.610. The fourth-order valence-electron chi connectivity index (χ4n) is 2.91. The Bertz CT molecular complexity index is 284. The van der Waals surface area contributed by atoms with Crippen molar-refractivity contribution in [1.29, 1.82) is 0 Å². The summed E-state index contributed by atoms with van der Waals surface area (Å²) in [7, 11) is 0. The molecule has 0 aromatic heterocycles. The average Bonchev–Trinajstić information content (AvgIpc) is 2.82. The van der Waals surface area contributed by atoms with Gasteiger partial charge in [-0.1, -0.05) is 0 Å². The first-order valence-corrected chi connectivity index (χ1v) is 6.57. The summed E-state index contributed by atoms with van der Waals surface area (Å²) < 4.78 is 5.42. The molecule has 0 saturated carbocycles. The number of carbonyl (C=O) groups is 1. The topological polar surface area (TPSA) is 49.8 Å². The molecule has 17 heavy (non-hydrogen) atoms. The van der Waals surface area contributed by atoms with Gasteiger partial charge in [0.15, 0.2) is 0 Å². The van der Waals surface area contributed by atoms with Crippen LogP contribution in [0.1, 0.15) is 33.1 Å². The van der Waals surface area contributed by atoms with Gasteiger partial charge in [0.05, 0.1) is 12.0 Å². The van der Waals surface area contributed by atoms with Crippen LogP contribution in [0, 0.1) is 11.3 Å². The molecule has 4 heteroatoms. The van der Waals surface area contributed by atoms with Gasteiger partial charge in [-0.15, -0.1) is 0 Å². The van der Waals surface area contributed by atoms with Crippen LogP contribution in [0.5, 0.6) is 0 Å². The maximum absolute atomic E-state index is 11.3. The minimum Gasteiger partial charge on any atom is -0.481 e. The lowest BCUT2D eigenvalue weighted by atomic mass is 9.74. The lowest BCUT2D eigenvalue weighted by Gasteiger charge is -2.41. The molecule has 0 aromatic rings. The highest BCUT2D eigenvalue weighted by Crippen LogP contribution is 2.35. The molecule has 2 rings (SSSR count). The van der Waals surface area contributed by atoms with Crippen LogP contribution in [-0.4, -0.2) is 48.3 Å². The number of ether oxygens (including phenoxy) is 1. The molecular formula is C13H23NO3. The van der Waals surface area contributed by atoms with E-state index in [1.165, 1.54) is 0 Å². The van der Waals surface area contributed by atoms with Gasteiger partial charge in [-0.05, 0) is 45.6 Å². The molecule has 98 valence electrons. The van der Waals surface area contributed by atoms with E-state index in [0.717, 1.165) is 45.6 Å². The molecular weight excluding hydrogens is 218 g/mol. The Morgan fingerprint density at radius 1 is 1.41 bits per heavy atom. The summed E-state index contributed by atoms with van der Waals surface area (Å²) in [6.45, 7) is 7.39. The Balaban J connectivity index is 1.99. The van der Waals surface area contributed by atoms with E-state index in [-0.39, 0.29) is 5.92 Å². The number of likely N-dealkylation sites (tertiary alicyclic amines) is 1. The van der Waals surface area contributed by atoms with Gasteiger partial charge in [0, 0.05) is 19.2 Å². The molecule has 4 nitrogen and oxygen atoms in total. The second kappa shape index (κ2) is 4.94. The number of hydrogen-bond acceptors (Lipinski definition) is 3. The molecule has 2 aliphatic heterocycles. The third-order valence-corrected chi connectivity index (χ3v) is 4.45. The van der Waals surface area contributed by atoms with Gasteiger partial charge in [0.25, 0.3) is 0 Å². The first kappa shape index (κ1) is 12.8. The Morgan fingerprint density at radius 3 is 2.76 bits per heavy atom. The monoisotopic (exact) mass is 241 g/mol. The smallest absolute Gasteiger partial charge is 0.309 e. The van der Waals surface area contributed by atoms with Crippen molar-refractivity contribution in [3.8, 4) is 0 Å². The van der Waals surface area contributed by atoms with Crippen LogP contribution < -0.4 is 0 Å². The second-order valence-electron chi connectivity index (χ2n) is 5.88. The van der Waals surface area contributed by atoms with Crippen molar-refractivity contribution in [3.63, 3.8) is 0 Å². The van der Waals surface area contributed by atoms with Crippen molar-refractivity contribution in [2.24, 2.45) is 11.3 Å². The molecule has 2 heterocycles. The van der Waals surface area contributed by atoms with Gasteiger partial charge in [0.2, 0.25) is 0 Å². The largest absolute Gasteiger partial charge is 0.481 e. The molecule has 0 bridgehead atoms. The van der Waals surface area contributed by atoms with E-state index in [0.29, 0.717) is 6.04 Å². The SMILES string of the molecule is CC(C)(C(=O)O)C1CCCN(C2CCOC2)C1. The first-order valence-electron chi connectivity index (χ1n) is 6.57. The molecule has 2 aliphatic rings. The van der Waals surface area contributed by atoms with E-state index in [1.807, 2.05) is 13.8 Å². The summed E-state index contributed by atoms with van der Waals surface area (Å²) >= 11 is 0. The second-order valence-corrected chi connectivity index (χ2v) is 5.88. The molecule has 0 amide bonds. The van der Waals surface area contributed by atoms with Crippen LogP contribution in [-0.2, 0) is 9.53 Å². The predicted octanol–water partition coefficient (Wildman–Crippen LogP) is 1.60. The minimum absolute atomic E-state index is 0.259. The lowest BCUT2D eigenvalue weighted by molar-refractivity contribution is -0.151.